The summed E-state index contributed by atoms with van der Waals surface area (Å²) in [5, 5.41) is 28.1. The third-order valence-corrected chi connectivity index (χ3v) is 8.95. The number of carbonyl (C=O) groups is 3. The Balaban J connectivity index is 1.32. The van der Waals surface area contributed by atoms with Crippen molar-refractivity contribution in [2.24, 2.45) is 11.8 Å². The molecule has 0 radical (unpaired) electrons. The number of anilines is 2. The summed E-state index contributed by atoms with van der Waals surface area (Å²) in [7, 11) is 0. The Morgan fingerprint density at radius 2 is 2.05 bits per heavy atom. The fourth-order valence-corrected chi connectivity index (χ4v) is 6.48. The first-order valence-corrected chi connectivity index (χ1v) is 15.1. The molecule has 2 aromatic carbocycles. The SMILES string of the molecule is C[C@@H](/C=C/CC(=O)N1CCC[C@H]1CO)[C@]1(O)C(=O)N(Cc2cccc(NC(=O)C3CCCNC3)c2)c2ccc(Cl)cc21. The highest BCUT2D eigenvalue weighted by atomic mass is 35.5. The summed E-state index contributed by atoms with van der Waals surface area (Å²) >= 11 is 6.32. The van der Waals surface area contributed by atoms with Gasteiger partial charge in [0.25, 0.3) is 5.91 Å². The lowest BCUT2D eigenvalue weighted by atomic mass is 9.83. The predicted molar refractivity (Wildman–Crippen MR) is 162 cm³/mol. The maximum Gasteiger partial charge on any atom is 0.264 e. The van der Waals surface area contributed by atoms with Gasteiger partial charge in [0.2, 0.25) is 11.8 Å². The highest BCUT2D eigenvalue weighted by molar-refractivity contribution is 6.31. The van der Waals surface area contributed by atoms with Crippen LogP contribution < -0.4 is 15.5 Å². The van der Waals surface area contributed by atoms with E-state index in [4.69, 9.17) is 11.6 Å². The zero-order valence-electron chi connectivity index (χ0n) is 23.9. The summed E-state index contributed by atoms with van der Waals surface area (Å²) in [5.41, 5.74) is 0.557. The van der Waals surface area contributed by atoms with Crippen LogP contribution in [0.1, 0.15) is 50.2 Å². The predicted octanol–water partition coefficient (Wildman–Crippen LogP) is 3.58. The van der Waals surface area contributed by atoms with Gasteiger partial charge < -0.3 is 30.6 Å². The highest BCUT2D eigenvalue weighted by Crippen LogP contribution is 2.46. The highest BCUT2D eigenvalue weighted by Gasteiger charge is 2.52. The van der Waals surface area contributed by atoms with Crippen molar-refractivity contribution in [1.29, 1.82) is 0 Å². The molecular formula is C32H39ClN4O5. The Kier molecular flexibility index (Phi) is 9.32. The topological polar surface area (TPSA) is 122 Å². The number of hydrogen-bond donors (Lipinski definition) is 4. The molecule has 42 heavy (non-hydrogen) atoms. The largest absolute Gasteiger partial charge is 0.394 e. The zero-order chi connectivity index (χ0) is 29.9. The van der Waals surface area contributed by atoms with E-state index in [1.165, 1.54) is 0 Å². The molecule has 0 saturated carbocycles. The van der Waals surface area contributed by atoms with E-state index in [-0.39, 0.29) is 43.3 Å². The van der Waals surface area contributed by atoms with Crippen molar-refractivity contribution in [3.8, 4) is 0 Å². The van der Waals surface area contributed by atoms with Crippen LogP contribution in [-0.4, -0.2) is 65.1 Å². The molecule has 224 valence electrons. The number of rotatable bonds is 9. The number of nitrogens with zero attached hydrogens (tertiary/aromatic N) is 2. The number of likely N-dealkylation sites (tertiary alicyclic amines) is 1. The summed E-state index contributed by atoms with van der Waals surface area (Å²) in [6.45, 7) is 4.10. The zero-order valence-corrected chi connectivity index (χ0v) is 24.6. The van der Waals surface area contributed by atoms with E-state index in [2.05, 4.69) is 10.6 Å². The number of aliphatic hydroxyl groups is 2. The standard InChI is InChI=1S/C32H39ClN4O5/c1-21(6-2-11-29(39)36-15-5-10-26(36)20-38)32(42)27-17-24(33)12-13-28(27)37(31(32)41)19-22-7-3-9-25(16-22)35-30(40)23-8-4-14-34-18-23/h2-3,6-7,9,12-13,16-17,21,23,26,34,38,42H,4-5,8,10-11,14-15,18-20H2,1H3,(H,35,40)/b6-2+/t21-,23?,26-,32+/m0/s1. The Hall–Kier alpha value is -3.24. The molecule has 2 aromatic rings. The van der Waals surface area contributed by atoms with Gasteiger partial charge >= 0.3 is 0 Å². The molecule has 0 aliphatic carbocycles. The molecule has 5 rings (SSSR count). The fraction of sp³-hybridized carbons (Fsp3) is 0.469. The van der Waals surface area contributed by atoms with Crippen LogP contribution >= 0.6 is 11.6 Å². The summed E-state index contributed by atoms with van der Waals surface area (Å²) < 4.78 is 0. The molecule has 10 heteroatoms. The van der Waals surface area contributed by atoms with Gasteiger partial charge in [0.15, 0.2) is 5.60 Å². The second kappa shape index (κ2) is 13.0. The number of hydrogen-bond acceptors (Lipinski definition) is 6. The quantitative estimate of drug-likeness (QED) is 0.329. The second-order valence-electron chi connectivity index (χ2n) is 11.5. The number of carbonyl (C=O) groups excluding carboxylic acids is 3. The minimum absolute atomic E-state index is 0.0262. The van der Waals surface area contributed by atoms with Crippen LogP contribution in [0.5, 0.6) is 0 Å². The van der Waals surface area contributed by atoms with Crippen molar-refractivity contribution in [1.82, 2.24) is 10.2 Å². The van der Waals surface area contributed by atoms with Crippen LogP contribution in [0.4, 0.5) is 11.4 Å². The number of halogens is 1. The molecule has 0 aromatic heterocycles. The van der Waals surface area contributed by atoms with E-state index in [9.17, 15) is 24.6 Å². The van der Waals surface area contributed by atoms with Gasteiger partial charge in [0.1, 0.15) is 0 Å². The van der Waals surface area contributed by atoms with Crippen molar-refractivity contribution < 1.29 is 24.6 Å². The first-order chi connectivity index (χ1) is 20.2. The molecule has 3 aliphatic rings. The van der Waals surface area contributed by atoms with Crippen molar-refractivity contribution in [3.05, 3.63) is 70.8 Å². The number of amides is 3. The van der Waals surface area contributed by atoms with Crippen molar-refractivity contribution in [3.63, 3.8) is 0 Å². The van der Waals surface area contributed by atoms with Crippen LogP contribution in [0.15, 0.2) is 54.6 Å². The maximum atomic E-state index is 13.9. The van der Waals surface area contributed by atoms with Gasteiger partial charge in [0, 0.05) is 41.7 Å². The Labute approximate surface area is 251 Å². The molecule has 3 amide bonds. The third-order valence-electron chi connectivity index (χ3n) is 8.72. The third kappa shape index (κ3) is 6.10. The minimum atomic E-state index is -1.87. The molecule has 1 unspecified atom stereocenters. The first-order valence-electron chi connectivity index (χ1n) is 14.7. The average molecular weight is 595 g/mol. The average Bonchev–Trinajstić information content (AvgIpc) is 3.56. The lowest BCUT2D eigenvalue weighted by Gasteiger charge is -2.28. The molecular weight excluding hydrogens is 556 g/mol. The van der Waals surface area contributed by atoms with Crippen molar-refractivity contribution in [2.75, 3.05) is 36.5 Å². The van der Waals surface area contributed by atoms with E-state index >= 15 is 0 Å². The summed E-state index contributed by atoms with van der Waals surface area (Å²) in [6, 6.07) is 12.3. The maximum absolute atomic E-state index is 13.9. The lowest BCUT2D eigenvalue weighted by molar-refractivity contribution is -0.139. The summed E-state index contributed by atoms with van der Waals surface area (Å²) in [4.78, 5) is 42.6. The number of nitrogens with one attached hydrogen (secondary N) is 2. The smallest absolute Gasteiger partial charge is 0.264 e. The molecule has 3 heterocycles. The normalized spacial score (nSPS) is 24.7. The van der Waals surface area contributed by atoms with Crippen LogP contribution in [0.2, 0.25) is 5.02 Å². The Morgan fingerprint density at radius 1 is 1.21 bits per heavy atom. The molecule has 2 saturated heterocycles. The van der Waals surface area contributed by atoms with Gasteiger partial charge in [0.05, 0.1) is 30.8 Å². The minimum Gasteiger partial charge on any atom is -0.394 e. The van der Waals surface area contributed by atoms with E-state index in [0.29, 0.717) is 35.1 Å². The van der Waals surface area contributed by atoms with Crippen LogP contribution in [0, 0.1) is 11.8 Å². The molecule has 0 bridgehead atoms. The molecule has 9 nitrogen and oxygen atoms in total. The van der Waals surface area contributed by atoms with E-state index in [0.717, 1.165) is 37.8 Å². The molecule has 4 N–H and O–H groups in total. The summed E-state index contributed by atoms with van der Waals surface area (Å²) in [5.74, 6) is -1.32. The number of benzene rings is 2. The molecule has 3 aliphatic heterocycles. The van der Waals surface area contributed by atoms with E-state index < -0.39 is 17.4 Å². The monoisotopic (exact) mass is 594 g/mol. The number of aliphatic hydroxyl groups excluding tert-OH is 1. The van der Waals surface area contributed by atoms with Gasteiger partial charge in [-0.05, 0) is 68.1 Å². The van der Waals surface area contributed by atoms with E-state index in [1.807, 2.05) is 24.3 Å². The van der Waals surface area contributed by atoms with Crippen LogP contribution in [-0.2, 0) is 26.5 Å². The van der Waals surface area contributed by atoms with Crippen molar-refractivity contribution >= 4 is 40.7 Å². The van der Waals surface area contributed by atoms with Crippen LogP contribution in [0.3, 0.4) is 0 Å². The first kappa shape index (κ1) is 30.2. The fourth-order valence-electron chi connectivity index (χ4n) is 6.31. The van der Waals surface area contributed by atoms with Gasteiger partial charge in [-0.3, -0.25) is 14.4 Å². The van der Waals surface area contributed by atoms with Gasteiger partial charge in [-0.1, -0.05) is 42.8 Å². The molecule has 0 spiro atoms. The summed E-state index contributed by atoms with van der Waals surface area (Å²) in [6.07, 6.45) is 6.97. The second-order valence-corrected chi connectivity index (χ2v) is 12.0. The Bertz CT molecular complexity index is 1360. The van der Waals surface area contributed by atoms with Gasteiger partial charge in [-0.25, -0.2) is 0 Å². The molecule has 2 fully saturated rings. The number of piperidine rings is 1. The van der Waals surface area contributed by atoms with Gasteiger partial charge in [-0.15, -0.1) is 0 Å². The van der Waals surface area contributed by atoms with Crippen molar-refractivity contribution in [2.45, 2.75) is 57.2 Å². The van der Waals surface area contributed by atoms with Gasteiger partial charge in [-0.2, -0.15) is 0 Å². The Morgan fingerprint density at radius 3 is 2.81 bits per heavy atom. The number of fused-ring (bicyclic) bond motifs is 1. The molecule has 4 atom stereocenters. The van der Waals surface area contributed by atoms with E-state index in [1.54, 1.807) is 47.1 Å². The van der Waals surface area contributed by atoms with Crippen LogP contribution in [0.25, 0.3) is 0 Å². The lowest BCUT2D eigenvalue weighted by Crippen LogP contribution is -2.44.